The van der Waals surface area contributed by atoms with E-state index in [1.165, 1.54) is 0 Å². The van der Waals surface area contributed by atoms with Crippen molar-refractivity contribution in [3.05, 3.63) is 34.0 Å². The molecule has 138 valence electrons. The number of halogens is 4. The van der Waals surface area contributed by atoms with Crippen LogP contribution in [0.2, 0.25) is 5.15 Å². The molecular formula is C15H17ClF3N3O3. The van der Waals surface area contributed by atoms with Crippen molar-refractivity contribution in [1.82, 2.24) is 9.66 Å². The van der Waals surface area contributed by atoms with E-state index in [4.69, 9.17) is 16.3 Å². The first-order chi connectivity index (χ1) is 11.7. The SMILES string of the molecule is CCOCCc1c(C)c(O)n(Nc2ccc(C(F)(F)F)c(Cl)n2)c1O. The summed E-state index contributed by atoms with van der Waals surface area (Å²) in [7, 11) is 0. The number of alkyl halides is 3. The molecule has 0 amide bonds. The van der Waals surface area contributed by atoms with E-state index in [-0.39, 0.29) is 17.6 Å². The maximum Gasteiger partial charge on any atom is 0.419 e. The molecule has 0 aromatic carbocycles. The van der Waals surface area contributed by atoms with E-state index in [0.29, 0.717) is 30.8 Å². The van der Waals surface area contributed by atoms with E-state index < -0.39 is 16.9 Å². The highest BCUT2D eigenvalue weighted by atomic mass is 35.5. The fourth-order valence-corrected chi connectivity index (χ4v) is 2.51. The highest BCUT2D eigenvalue weighted by Gasteiger charge is 2.34. The average molecular weight is 380 g/mol. The second kappa shape index (κ2) is 7.40. The fourth-order valence-electron chi connectivity index (χ4n) is 2.25. The minimum absolute atomic E-state index is 0.0741. The third kappa shape index (κ3) is 4.10. The third-order valence-corrected chi connectivity index (χ3v) is 3.85. The van der Waals surface area contributed by atoms with Gasteiger partial charge in [-0.05, 0) is 26.0 Å². The molecule has 0 aliphatic carbocycles. The summed E-state index contributed by atoms with van der Waals surface area (Å²) in [5.41, 5.74) is 2.32. The lowest BCUT2D eigenvalue weighted by molar-refractivity contribution is -0.137. The Balaban J connectivity index is 2.29. The van der Waals surface area contributed by atoms with Gasteiger partial charge in [0.05, 0.1) is 12.2 Å². The molecule has 0 bridgehead atoms. The number of hydrogen-bond acceptors (Lipinski definition) is 5. The summed E-state index contributed by atoms with van der Waals surface area (Å²) in [5, 5.41) is 19.6. The zero-order valence-electron chi connectivity index (χ0n) is 13.5. The first kappa shape index (κ1) is 19.2. The van der Waals surface area contributed by atoms with Crippen molar-refractivity contribution < 1.29 is 28.1 Å². The van der Waals surface area contributed by atoms with Gasteiger partial charge in [-0.2, -0.15) is 17.8 Å². The van der Waals surface area contributed by atoms with Crippen LogP contribution in [0, 0.1) is 6.92 Å². The Morgan fingerprint density at radius 1 is 1.28 bits per heavy atom. The molecule has 0 saturated carbocycles. The maximum absolute atomic E-state index is 12.7. The molecule has 2 aromatic heterocycles. The van der Waals surface area contributed by atoms with Gasteiger partial charge >= 0.3 is 6.18 Å². The molecule has 3 N–H and O–H groups in total. The van der Waals surface area contributed by atoms with Gasteiger partial charge in [-0.15, -0.1) is 0 Å². The van der Waals surface area contributed by atoms with Crippen molar-refractivity contribution in [2.24, 2.45) is 0 Å². The van der Waals surface area contributed by atoms with Crippen molar-refractivity contribution in [2.75, 3.05) is 18.6 Å². The lowest BCUT2D eigenvalue weighted by Crippen LogP contribution is -2.12. The summed E-state index contributed by atoms with van der Waals surface area (Å²) in [5.74, 6) is -0.649. The topological polar surface area (TPSA) is 79.5 Å². The Kier molecular flexibility index (Phi) is 5.69. The molecule has 6 nitrogen and oxygen atoms in total. The largest absolute Gasteiger partial charge is 0.493 e. The predicted octanol–water partition coefficient (Wildman–Crippen LogP) is 3.73. The van der Waals surface area contributed by atoms with E-state index in [1.54, 1.807) is 6.92 Å². The van der Waals surface area contributed by atoms with Gasteiger partial charge in [-0.1, -0.05) is 11.6 Å². The third-order valence-electron chi connectivity index (χ3n) is 3.56. The van der Waals surface area contributed by atoms with Crippen LogP contribution >= 0.6 is 11.6 Å². The molecule has 0 radical (unpaired) electrons. The number of ether oxygens (including phenoxy) is 1. The summed E-state index contributed by atoms with van der Waals surface area (Å²) >= 11 is 5.56. The Bertz CT molecular complexity index is 763. The van der Waals surface area contributed by atoms with Crippen molar-refractivity contribution in [3.8, 4) is 11.8 Å². The first-order valence-corrected chi connectivity index (χ1v) is 7.75. The zero-order chi connectivity index (χ0) is 18.8. The minimum Gasteiger partial charge on any atom is -0.493 e. The molecule has 2 aromatic rings. The molecule has 0 fully saturated rings. The van der Waals surface area contributed by atoms with Gasteiger partial charge in [0, 0.05) is 24.2 Å². The van der Waals surface area contributed by atoms with Crippen LogP contribution in [0.3, 0.4) is 0 Å². The van der Waals surface area contributed by atoms with Crippen LogP contribution < -0.4 is 5.43 Å². The Hall–Kier alpha value is -2.13. The molecule has 0 unspecified atom stereocenters. The van der Waals surface area contributed by atoms with Gasteiger partial charge in [0.25, 0.3) is 0 Å². The molecule has 2 rings (SSSR count). The standard InChI is InChI=1S/C15H17ClF3N3O3/c1-3-25-7-6-9-8(2)13(23)22(14(9)24)21-11-5-4-10(12(16)20-11)15(17,18)19/h4-5,23-24H,3,6-7H2,1-2H3,(H,20,21). The summed E-state index contributed by atoms with van der Waals surface area (Å²) < 4.78 is 44.2. The lowest BCUT2D eigenvalue weighted by atomic mass is 10.1. The summed E-state index contributed by atoms with van der Waals surface area (Å²) in [6, 6.07) is 1.81. The normalized spacial score (nSPS) is 11.8. The molecule has 0 saturated heterocycles. The summed E-state index contributed by atoms with van der Waals surface area (Å²) in [6.45, 7) is 4.29. The molecule has 25 heavy (non-hydrogen) atoms. The van der Waals surface area contributed by atoms with E-state index >= 15 is 0 Å². The van der Waals surface area contributed by atoms with E-state index in [0.717, 1.165) is 16.8 Å². The summed E-state index contributed by atoms with van der Waals surface area (Å²) in [6.07, 6.45) is -4.27. The van der Waals surface area contributed by atoms with Gasteiger partial charge in [0.2, 0.25) is 11.8 Å². The van der Waals surface area contributed by atoms with Gasteiger partial charge < -0.3 is 14.9 Å². The molecule has 2 heterocycles. The number of rotatable bonds is 6. The van der Waals surface area contributed by atoms with Gasteiger partial charge in [-0.3, -0.25) is 5.43 Å². The Morgan fingerprint density at radius 2 is 1.96 bits per heavy atom. The number of pyridine rings is 1. The quantitative estimate of drug-likeness (QED) is 0.526. The molecular weight excluding hydrogens is 363 g/mol. The second-order valence-electron chi connectivity index (χ2n) is 5.18. The molecule has 0 aliphatic heterocycles. The van der Waals surface area contributed by atoms with Crippen molar-refractivity contribution >= 4 is 17.4 Å². The zero-order valence-corrected chi connectivity index (χ0v) is 14.2. The predicted molar refractivity (Wildman–Crippen MR) is 86.0 cm³/mol. The number of aromatic hydroxyl groups is 2. The number of nitrogens with one attached hydrogen (secondary N) is 1. The van der Waals surface area contributed by atoms with Crippen molar-refractivity contribution in [2.45, 2.75) is 26.4 Å². The van der Waals surface area contributed by atoms with E-state index in [9.17, 15) is 23.4 Å². The number of aromatic nitrogens is 2. The Morgan fingerprint density at radius 3 is 2.52 bits per heavy atom. The summed E-state index contributed by atoms with van der Waals surface area (Å²) in [4.78, 5) is 3.60. The van der Waals surface area contributed by atoms with Crippen molar-refractivity contribution in [3.63, 3.8) is 0 Å². The minimum atomic E-state index is -4.62. The molecule has 0 atom stereocenters. The average Bonchev–Trinajstić information content (AvgIpc) is 2.71. The van der Waals surface area contributed by atoms with Crippen LogP contribution in [-0.2, 0) is 17.3 Å². The molecule has 10 heteroatoms. The van der Waals surface area contributed by atoms with Gasteiger partial charge in [0.1, 0.15) is 11.0 Å². The lowest BCUT2D eigenvalue weighted by Gasteiger charge is -2.12. The van der Waals surface area contributed by atoms with Crippen LogP contribution in [0.5, 0.6) is 11.8 Å². The highest BCUT2D eigenvalue weighted by molar-refractivity contribution is 6.30. The molecule has 0 aliphatic rings. The van der Waals surface area contributed by atoms with Crippen LogP contribution in [0.25, 0.3) is 0 Å². The number of hydrogen-bond donors (Lipinski definition) is 3. The first-order valence-electron chi connectivity index (χ1n) is 7.37. The fraction of sp³-hybridized carbons (Fsp3) is 0.400. The number of anilines is 1. The number of nitrogens with zero attached hydrogens (tertiary/aromatic N) is 2. The van der Waals surface area contributed by atoms with Crippen LogP contribution in [0.15, 0.2) is 12.1 Å². The van der Waals surface area contributed by atoms with Gasteiger partial charge in [0.15, 0.2) is 0 Å². The maximum atomic E-state index is 12.7. The monoisotopic (exact) mass is 379 g/mol. The smallest absolute Gasteiger partial charge is 0.419 e. The van der Waals surface area contributed by atoms with Crippen molar-refractivity contribution in [1.29, 1.82) is 0 Å². The van der Waals surface area contributed by atoms with E-state index in [1.807, 2.05) is 6.92 Å². The second-order valence-corrected chi connectivity index (χ2v) is 5.54. The Labute approximate surface area is 146 Å². The van der Waals surface area contributed by atoms with Crippen LogP contribution in [0.4, 0.5) is 19.0 Å². The van der Waals surface area contributed by atoms with Crippen LogP contribution in [-0.4, -0.2) is 33.1 Å². The van der Waals surface area contributed by atoms with Gasteiger partial charge in [-0.25, -0.2) is 4.98 Å². The highest BCUT2D eigenvalue weighted by Crippen LogP contribution is 2.36. The van der Waals surface area contributed by atoms with E-state index in [2.05, 4.69) is 10.4 Å². The van der Waals surface area contributed by atoms with Crippen LogP contribution in [0.1, 0.15) is 23.6 Å². The molecule has 0 spiro atoms.